The zero-order valence-corrected chi connectivity index (χ0v) is 23.0. The summed E-state index contributed by atoms with van der Waals surface area (Å²) in [6.07, 6.45) is 3.75. The Bertz CT molecular complexity index is 1500. The summed E-state index contributed by atoms with van der Waals surface area (Å²) < 4.78 is 5.77. The Hall–Kier alpha value is -4.16. The number of amides is 3. The van der Waals surface area contributed by atoms with Crippen LogP contribution in [-0.2, 0) is 22.4 Å². The summed E-state index contributed by atoms with van der Waals surface area (Å²) in [5.74, 6) is 0.578. The summed E-state index contributed by atoms with van der Waals surface area (Å²) in [5.41, 5.74) is 2.22. The third kappa shape index (κ3) is 5.07. The van der Waals surface area contributed by atoms with Crippen molar-refractivity contribution in [2.45, 2.75) is 57.2 Å². The van der Waals surface area contributed by atoms with Crippen LogP contribution in [0, 0.1) is 16.7 Å². The van der Waals surface area contributed by atoms with Gasteiger partial charge in [-0.2, -0.15) is 5.26 Å². The maximum absolute atomic E-state index is 13.4. The van der Waals surface area contributed by atoms with Crippen molar-refractivity contribution < 1.29 is 19.1 Å². The van der Waals surface area contributed by atoms with Gasteiger partial charge in [0.15, 0.2) is 0 Å². The number of ether oxygens (including phenoxy) is 1. The SMILES string of the molecule is C[C@@]12C[C@@H]1N(C(=O)CNC(=O)c1ccc(Oc3ccccc3)cc1)[C@H](C(=O)NC1CCc3c(C#N)csc3C1)C2. The molecular weight excluding hydrogens is 524 g/mol. The molecule has 40 heavy (non-hydrogen) atoms. The van der Waals surface area contributed by atoms with Crippen LogP contribution >= 0.6 is 11.3 Å². The average molecular weight is 555 g/mol. The number of carbonyl (C=O) groups is 3. The van der Waals surface area contributed by atoms with E-state index in [1.807, 2.05) is 35.7 Å². The van der Waals surface area contributed by atoms with Gasteiger partial charge < -0.3 is 20.3 Å². The highest BCUT2D eigenvalue weighted by Gasteiger charge is 2.64. The van der Waals surface area contributed by atoms with Gasteiger partial charge in [0.05, 0.1) is 12.1 Å². The Labute approximate surface area is 236 Å². The molecule has 2 aromatic carbocycles. The van der Waals surface area contributed by atoms with Gasteiger partial charge >= 0.3 is 0 Å². The third-order valence-corrected chi connectivity index (χ3v) is 9.39. The summed E-state index contributed by atoms with van der Waals surface area (Å²) in [5, 5.41) is 17.1. The van der Waals surface area contributed by atoms with Gasteiger partial charge in [0.25, 0.3) is 5.91 Å². The molecule has 1 saturated heterocycles. The summed E-state index contributed by atoms with van der Waals surface area (Å²) in [6.45, 7) is 1.95. The average Bonchev–Trinajstić information content (AvgIpc) is 3.30. The first-order chi connectivity index (χ1) is 19.3. The van der Waals surface area contributed by atoms with Crippen molar-refractivity contribution in [1.82, 2.24) is 15.5 Å². The highest BCUT2D eigenvalue weighted by molar-refractivity contribution is 7.10. The minimum Gasteiger partial charge on any atom is -0.457 e. The molecule has 2 N–H and O–H groups in total. The second-order valence-electron chi connectivity index (χ2n) is 11.1. The van der Waals surface area contributed by atoms with Crippen molar-refractivity contribution in [2.75, 3.05) is 6.54 Å². The minimum atomic E-state index is -0.540. The number of para-hydroxylation sites is 1. The maximum atomic E-state index is 13.4. The van der Waals surface area contributed by atoms with E-state index in [2.05, 4.69) is 23.6 Å². The van der Waals surface area contributed by atoms with Crippen molar-refractivity contribution >= 4 is 29.1 Å². The van der Waals surface area contributed by atoms with Crippen LogP contribution in [0.1, 0.15) is 52.5 Å². The number of fused-ring (bicyclic) bond motifs is 2. The molecule has 1 unspecified atom stereocenters. The topological polar surface area (TPSA) is 112 Å². The van der Waals surface area contributed by atoms with E-state index in [0.717, 1.165) is 35.3 Å². The highest BCUT2D eigenvalue weighted by Crippen LogP contribution is 2.59. The van der Waals surface area contributed by atoms with Crippen molar-refractivity contribution in [3.05, 3.63) is 81.5 Å². The fourth-order valence-corrected chi connectivity index (χ4v) is 7.14. The van der Waals surface area contributed by atoms with Crippen molar-refractivity contribution in [1.29, 1.82) is 5.26 Å². The van der Waals surface area contributed by atoms with Crippen LogP contribution < -0.4 is 15.4 Å². The van der Waals surface area contributed by atoms with E-state index in [1.165, 1.54) is 0 Å². The van der Waals surface area contributed by atoms with Gasteiger partial charge in [-0.3, -0.25) is 14.4 Å². The molecule has 3 aromatic rings. The number of benzene rings is 2. The standard InChI is InChI=1S/C31H30N4O4S/c1-31-14-25(30(38)34-21-9-12-24-20(16-32)18-40-26(24)13-21)35(27(31)15-31)28(36)17-33-29(37)19-7-10-23(11-8-19)39-22-5-3-2-4-6-22/h2-8,10-11,18,21,25,27H,9,12-15,17H2,1H3,(H,33,37)(H,34,38)/t21?,25-,27-,31+/m0/s1. The van der Waals surface area contributed by atoms with Crippen LogP contribution in [0.3, 0.4) is 0 Å². The molecule has 4 atom stereocenters. The van der Waals surface area contributed by atoms with E-state index >= 15 is 0 Å². The lowest BCUT2D eigenvalue weighted by Gasteiger charge is -2.30. The molecule has 1 aliphatic heterocycles. The Morgan fingerprint density at radius 2 is 1.85 bits per heavy atom. The lowest BCUT2D eigenvalue weighted by atomic mass is 9.92. The molecule has 2 heterocycles. The van der Waals surface area contributed by atoms with E-state index in [0.29, 0.717) is 29.9 Å². The number of nitriles is 1. The zero-order chi connectivity index (χ0) is 27.9. The van der Waals surface area contributed by atoms with E-state index in [1.54, 1.807) is 40.5 Å². The first-order valence-corrected chi connectivity index (χ1v) is 14.4. The van der Waals surface area contributed by atoms with Crippen LogP contribution in [0.4, 0.5) is 0 Å². The molecule has 6 rings (SSSR count). The monoisotopic (exact) mass is 554 g/mol. The van der Waals surface area contributed by atoms with Crippen LogP contribution in [0.2, 0.25) is 0 Å². The summed E-state index contributed by atoms with van der Waals surface area (Å²) in [7, 11) is 0. The number of rotatable bonds is 7. The van der Waals surface area contributed by atoms with Crippen LogP contribution in [0.25, 0.3) is 0 Å². The normalized spacial score (nSPS) is 24.3. The van der Waals surface area contributed by atoms with Crippen LogP contribution in [0.15, 0.2) is 60.0 Å². The second kappa shape index (κ2) is 10.4. The van der Waals surface area contributed by atoms with Gasteiger partial charge in [-0.25, -0.2) is 0 Å². The number of thiophene rings is 1. The molecule has 0 bridgehead atoms. The van der Waals surface area contributed by atoms with E-state index in [4.69, 9.17) is 4.74 Å². The Kier molecular flexibility index (Phi) is 6.80. The number of piperidine rings is 1. The quantitative estimate of drug-likeness (QED) is 0.455. The van der Waals surface area contributed by atoms with E-state index < -0.39 is 6.04 Å². The Morgan fingerprint density at radius 1 is 1.10 bits per heavy atom. The van der Waals surface area contributed by atoms with Gasteiger partial charge in [0, 0.05) is 34.3 Å². The third-order valence-electron chi connectivity index (χ3n) is 8.34. The minimum absolute atomic E-state index is 0.0135. The predicted molar refractivity (Wildman–Crippen MR) is 150 cm³/mol. The lowest BCUT2D eigenvalue weighted by molar-refractivity contribution is -0.139. The largest absolute Gasteiger partial charge is 0.457 e. The molecule has 3 amide bonds. The fraction of sp³-hybridized carbons (Fsp3) is 0.355. The highest BCUT2D eigenvalue weighted by atomic mass is 32.1. The molecule has 1 aromatic heterocycles. The summed E-state index contributed by atoms with van der Waals surface area (Å²) in [6, 6.07) is 17.8. The molecule has 2 aliphatic carbocycles. The van der Waals surface area contributed by atoms with E-state index in [9.17, 15) is 19.6 Å². The van der Waals surface area contributed by atoms with Crippen LogP contribution in [-0.4, -0.2) is 47.3 Å². The molecule has 3 aliphatic rings. The molecular formula is C31H30N4O4S. The first-order valence-electron chi connectivity index (χ1n) is 13.6. The molecule has 9 heteroatoms. The predicted octanol–water partition coefficient (Wildman–Crippen LogP) is 4.20. The second-order valence-corrected chi connectivity index (χ2v) is 12.1. The maximum Gasteiger partial charge on any atom is 0.251 e. The van der Waals surface area contributed by atoms with Gasteiger partial charge in [-0.15, -0.1) is 11.3 Å². The van der Waals surface area contributed by atoms with Gasteiger partial charge in [0.2, 0.25) is 11.8 Å². The number of hydrogen-bond donors (Lipinski definition) is 2. The molecule has 204 valence electrons. The number of nitrogens with one attached hydrogen (secondary N) is 2. The first kappa shape index (κ1) is 26.1. The Balaban J connectivity index is 1.05. The summed E-state index contributed by atoms with van der Waals surface area (Å²) in [4.78, 5) is 42.3. The molecule has 1 saturated carbocycles. The fourth-order valence-electron chi connectivity index (χ4n) is 6.04. The Morgan fingerprint density at radius 3 is 2.60 bits per heavy atom. The number of carbonyl (C=O) groups excluding carboxylic acids is 3. The molecule has 8 nitrogen and oxygen atoms in total. The molecule has 0 radical (unpaired) electrons. The van der Waals surface area contributed by atoms with Crippen molar-refractivity contribution in [3.8, 4) is 17.6 Å². The number of nitrogens with zero attached hydrogens (tertiary/aromatic N) is 2. The van der Waals surface area contributed by atoms with Gasteiger partial charge in [0.1, 0.15) is 23.6 Å². The lowest BCUT2D eigenvalue weighted by Crippen LogP contribution is -2.53. The zero-order valence-electron chi connectivity index (χ0n) is 22.2. The van der Waals surface area contributed by atoms with Gasteiger partial charge in [-0.1, -0.05) is 25.1 Å². The smallest absolute Gasteiger partial charge is 0.251 e. The number of likely N-dealkylation sites (tertiary alicyclic amines) is 1. The molecule has 0 spiro atoms. The van der Waals surface area contributed by atoms with Crippen molar-refractivity contribution in [2.24, 2.45) is 5.41 Å². The van der Waals surface area contributed by atoms with Crippen LogP contribution in [0.5, 0.6) is 11.5 Å². The van der Waals surface area contributed by atoms with Crippen molar-refractivity contribution in [3.63, 3.8) is 0 Å². The molecule has 2 fully saturated rings. The number of hydrogen-bond acceptors (Lipinski definition) is 6. The van der Waals surface area contributed by atoms with E-state index in [-0.39, 0.29) is 41.8 Å². The summed E-state index contributed by atoms with van der Waals surface area (Å²) >= 11 is 1.57. The van der Waals surface area contributed by atoms with Gasteiger partial charge in [-0.05, 0) is 73.1 Å².